The van der Waals surface area contributed by atoms with E-state index >= 15 is 0 Å². The number of carboxylic acid groups (broad SMARTS) is 1. The number of carboxylic acids is 1. The third-order valence-electron chi connectivity index (χ3n) is 2.49. The van der Waals surface area contributed by atoms with Gasteiger partial charge in [0.05, 0.1) is 6.10 Å². The van der Waals surface area contributed by atoms with Gasteiger partial charge in [0.25, 0.3) is 0 Å². The predicted octanol–water partition coefficient (Wildman–Crippen LogP) is -0.407. The second kappa shape index (κ2) is 3.96. The van der Waals surface area contributed by atoms with Crippen LogP contribution in [0.5, 0.6) is 0 Å². The minimum atomic E-state index is -1.21. The molecule has 0 aromatic heterocycles. The summed E-state index contributed by atoms with van der Waals surface area (Å²) in [5.41, 5.74) is 0. The lowest BCUT2D eigenvalue weighted by molar-refractivity contribution is -0.145. The van der Waals surface area contributed by atoms with Gasteiger partial charge in [-0.3, -0.25) is 4.79 Å². The number of aliphatic hydroxyl groups excluding tert-OH is 1. The standard InChI is InChI=1S/C9H15NO4/c1-4-3-6(4)8(12)10-7(5(2)11)9(13)14/h4-7,11H,3H2,1-2H3,(H,10,12)(H,13,14)/t4-,5-,6+,7+/m1/s1. The van der Waals surface area contributed by atoms with Gasteiger partial charge < -0.3 is 15.5 Å². The summed E-state index contributed by atoms with van der Waals surface area (Å²) in [7, 11) is 0. The monoisotopic (exact) mass is 201 g/mol. The molecule has 80 valence electrons. The van der Waals surface area contributed by atoms with Gasteiger partial charge in [0.2, 0.25) is 5.91 Å². The number of carbonyl (C=O) groups is 2. The Kier molecular flexibility index (Phi) is 3.10. The third kappa shape index (κ3) is 2.45. The quantitative estimate of drug-likeness (QED) is 0.577. The van der Waals surface area contributed by atoms with Crippen molar-refractivity contribution in [2.45, 2.75) is 32.4 Å². The second-order valence-corrected chi connectivity index (χ2v) is 3.88. The van der Waals surface area contributed by atoms with Gasteiger partial charge in [0.15, 0.2) is 6.04 Å². The van der Waals surface area contributed by atoms with E-state index in [1.54, 1.807) is 0 Å². The summed E-state index contributed by atoms with van der Waals surface area (Å²) in [5, 5.41) is 20.1. The Morgan fingerprint density at radius 3 is 2.29 bits per heavy atom. The molecule has 0 radical (unpaired) electrons. The second-order valence-electron chi connectivity index (χ2n) is 3.88. The Labute approximate surface area is 82.1 Å². The van der Waals surface area contributed by atoms with Gasteiger partial charge in [-0.25, -0.2) is 4.79 Å². The molecular weight excluding hydrogens is 186 g/mol. The Bertz CT molecular complexity index is 251. The van der Waals surface area contributed by atoms with Gasteiger partial charge in [-0.15, -0.1) is 0 Å². The normalized spacial score (nSPS) is 29.1. The highest BCUT2D eigenvalue weighted by molar-refractivity contribution is 5.86. The number of aliphatic hydroxyl groups is 1. The molecule has 0 bridgehead atoms. The first-order valence-corrected chi connectivity index (χ1v) is 4.64. The van der Waals surface area contributed by atoms with Crippen LogP contribution in [0.25, 0.3) is 0 Å². The van der Waals surface area contributed by atoms with Crippen molar-refractivity contribution in [1.29, 1.82) is 0 Å². The number of nitrogens with one attached hydrogen (secondary N) is 1. The van der Waals surface area contributed by atoms with Crippen LogP contribution in [0, 0.1) is 11.8 Å². The Balaban J connectivity index is 2.47. The van der Waals surface area contributed by atoms with E-state index in [1.807, 2.05) is 6.92 Å². The fourth-order valence-corrected chi connectivity index (χ4v) is 1.34. The average molecular weight is 201 g/mol. The van der Waals surface area contributed by atoms with Crippen LogP contribution in [0.4, 0.5) is 0 Å². The SMILES string of the molecule is C[C@@H]1C[C@@H]1C(=O)N[C@H](C(=O)O)[C@@H](C)O. The first-order chi connectivity index (χ1) is 6.43. The van der Waals surface area contributed by atoms with Crippen LogP contribution in [0.15, 0.2) is 0 Å². The fraction of sp³-hybridized carbons (Fsp3) is 0.778. The molecule has 1 fully saturated rings. The van der Waals surface area contributed by atoms with E-state index in [1.165, 1.54) is 6.92 Å². The largest absolute Gasteiger partial charge is 0.480 e. The summed E-state index contributed by atoms with van der Waals surface area (Å²) in [4.78, 5) is 22.0. The van der Waals surface area contributed by atoms with Gasteiger partial charge in [0.1, 0.15) is 0 Å². The minimum absolute atomic E-state index is 0.0735. The van der Waals surface area contributed by atoms with Crippen molar-refractivity contribution in [3.63, 3.8) is 0 Å². The van der Waals surface area contributed by atoms with E-state index in [4.69, 9.17) is 10.2 Å². The number of amides is 1. The predicted molar refractivity (Wildman–Crippen MR) is 48.5 cm³/mol. The molecule has 1 rings (SSSR count). The summed E-state index contributed by atoms with van der Waals surface area (Å²) < 4.78 is 0. The highest BCUT2D eigenvalue weighted by Crippen LogP contribution is 2.37. The summed E-state index contributed by atoms with van der Waals surface area (Å²) in [5.74, 6) is -1.22. The molecule has 1 saturated carbocycles. The molecule has 1 aliphatic carbocycles. The zero-order chi connectivity index (χ0) is 10.9. The van der Waals surface area contributed by atoms with Crippen LogP contribution >= 0.6 is 0 Å². The molecule has 14 heavy (non-hydrogen) atoms. The molecule has 1 amide bonds. The summed E-state index contributed by atoms with van der Waals surface area (Å²) >= 11 is 0. The van der Waals surface area contributed by atoms with Crippen LogP contribution in [-0.4, -0.2) is 34.2 Å². The number of hydrogen-bond donors (Lipinski definition) is 3. The first-order valence-electron chi connectivity index (χ1n) is 4.64. The molecule has 4 atom stereocenters. The van der Waals surface area contributed by atoms with Gasteiger partial charge in [-0.1, -0.05) is 6.92 Å². The molecule has 0 aliphatic heterocycles. The maximum Gasteiger partial charge on any atom is 0.328 e. The number of rotatable bonds is 4. The fourth-order valence-electron chi connectivity index (χ4n) is 1.34. The molecule has 1 aliphatic rings. The van der Waals surface area contributed by atoms with Crippen LogP contribution in [0.1, 0.15) is 20.3 Å². The summed E-state index contributed by atoms with van der Waals surface area (Å²) in [6, 6.07) is -1.20. The maximum absolute atomic E-state index is 11.3. The molecular formula is C9H15NO4. The lowest BCUT2D eigenvalue weighted by Crippen LogP contribution is -2.48. The van der Waals surface area contributed by atoms with Crippen LogP contribution in [0.3, 0.4) is 0 Å². The van der Waals surface area contributed by atoms with Crippen LogP contribution < -0.4 is 5.32 Å². The van der Waals surface area contributed by atoms with Crippen LogP contribution in [-0.2, 0) is 9.59 Å². The highest BCUT2D eigenvalue weighted by Gasteiger charge is 2.41. The van der Waals surface area contributed by atoms with Crippen molar-refractivity contribution in [1.82, 2.24) is 5.32 Å². The lowest BCUT2D eigenvalue weighted by Gasteiger charge is -2.16. The summed E-state index contributed by atoms with van der Waals surface area (Å²) in [6.45, 7) is 3.28. The molecule has 0 unspecified atom stereocenters. The van der Waals surface area contributed by atoms with Gasteiger partial charge in [-0.2, -0.15) is 0 Å². The first kappa shape index (κ1) is 11.0. The van der Waals surface area contributed by atoms with Crippen LogP contribution in [0.2, 0.25) is 0 Å². The van der Waals surface area contributed by atoms with E-state index in [0.29, 0.717) is 5.92 Å². The van der Waals surface area contributed by atoms with E-state index < -0.39 is 18.1 Å². The van der Waals surface area contributed by atoms with Crippen molar-refractivity contribution >= 4 is 11.9 Å². The topological polar surface area (TPSA) is 86.6 Å². The van der Waals surface area contributed by atoms with E-state index in [-0.39, 0.29) is 11.8 Å². The molecule has 5 heteroatoms. The summed E-state index contributed by atoms with van der Waals surface area (Å²) in [6.07, 6.45) is -0.275. The molecule has 0 saturated heterocycles. The average Bonchev–Trinajstić information content (AvgIpc) is 2.76. The van der Waals surface area contributed by atoms with Gasteiger partial charge >= 0.3 is 5.97 Å². The highest BCUT2D eigenvalue weighted by atomic mass is 16.4. The number of carbonyl (C=O) groups excluding carboxylic acids is 1. The smallest absolute Gasteiger partial charge is 0.328 e. The zero-order valence-corrected chi connectivity index (χ0v) is 8.23. The van der Waals surface area contributed by atoms with Crippen molar-refractivity contribution < 1.29 is 19.8 Å². The molecule has 0 aromatic rings. The van der Waals surface area contributed by atoms with Gasteiger partial charge in [-0.05, 0) is 19.3 Å². The zero-order valence-electron chi connectivity index (χ0n) is 8.23. The molecule has 0 heterocycles. The molecule has 0 spiro atoms. The lowest BCUT2D eigenvalue weighted by atomic mass is 10.1. The number of aliphatic carboxylic acids is 1. The van der Waals surface area contributed by atoms with Gasteiger partial charge in [0, 0.05) is 5.92 Å². The Morgan fingerprint density at radius 1 is 1.50 bits per heavy atom. The van der Waals surface area contributed by atoms with Crippen molar-refractivity contribution in [3.8, 4) is 0 Å². The van der Waals surface area contributed by atoms with Crippen molar-refractivity contribution in [2.75, 3.05) is 0 Å². The molecule has 0 aromatic carbocycles. The van der Waals surface area contributed by atoms with E-state index in [2.05, 4.69) is 5.32 Å². The Morgan fingerprint density at radius 2 is 2.00 bits per heavy atom. The number of hydrogen-bond acceptors (Lipinski definition) is 3. The van der Waals surface area contributed by atoms with Crippen molar-refractivity contribution in [2.24, 2.45) is 11.8 Å². The minimum Gasteiger partial charge on any atom is -0.480 e. The maximum atomic E-state index is 11.3. The van der Waals surface area contributed by atoms with E-state index in [0.717, 1.165) is 6.42 Å². The Hall–Kier alpha value is -1.10. The van der Waals surface area contributed by atoms with Crippen molar-refractivity contribution in [3.05, 3.63) is 0 Å². The third-order valence-corrected chi connectivity index (χ3v) is 2.49. The molecule has 5 nitrogen and oxygen atoms in total. The molecule has 3 N–H and O–H groups in total. The van der Waals surface area contributed by atoms with E-state index in [9.17, 15) is 9.59 Å².